The Morgan fingerprint density at radius 3 is 2.85 bits per heavy atom. The molecular weight excluding hydrogens is 439 g/mol. The minimum Gasteiger partial charge on any atom is -0.323 e. The van der Waals surface area contributed by atoms with Gasteiger partial charge in [0, 0.05) is 23.7 Å². The Labute approximate surface area is 195 Å². The molecule has 1 amide bonds. The number of aromatic amines is 1. The first-order valence-corrected chi connectivity index (χ1v) is 11.3. The third-order valence-corrected chi connectivity index (χ3v) is 6.09. The molecule has 5 rings (SSSR count). The van der Waals surface area contributed by atoms with E-state index in [0.29, 0.717) is 29.2 Å². The van der Waals surface area contributed by atoms with E-state index >= 15 is 0 Å². The maximum atomic E-state index is 13.1. The summed E-state index contributed by atoms with van der Waals surface area (Å²) in [4.78, 5) is 39.9. The number of rotatable bonds is 6. The van der Waals surface area contributed by atoms with Gasteiger partial charge in [-0.05, 0) is 37.3 Å². The van der Waals surface area contributed by atoms with Crippen LogP contribution in [0.5, 0.6) is 0 Å². The maximum Gasteiger partial charge on any atom is 0.247 e. The Morgan fingerprint density at radius 1 is 1.26 bits per heavy atom. The first-order chi connectivity index (χ1) is 16.4. The number of H-pyrrole nitrogens is 1. The van der Waals surface area contributed by atoms with E-state index < -0.39 is 17.9 Å². The number of pyridine rings is 1. The summed E-state index contributed by atoms with van der Waals surface area (Å²) in [5.41, 5.74) is 3.29. The van der Waals surface area contributed by atoms with Crippen LogP contribution in [0.15, 0.2) is 24.4 Å². The Balaban J connectivity index is 1.43. The monoisotopic (exact) mass is 464 g/mol. The first-order valence-electron chi connectivity index (χ1n) is 11.3. The van der Waals surface area contributed by atoms with Gasteiger partial charge in [-0.25, -0.2) is 9.97 Å². The van der Waals surface area contributed by atoms with Crippen LogP contribution in [0.4, 0.5) is 27.7 Å². The molecule has 11 heteroatoms. The highest BCUT2D eigenvalue weighted by molar-refractivity contribution is 6.03. The fraction of sp³-hybridized carbons (Fsp3) is 0.391. The van der Waals surface area contributed by atoms with Crippen molar-refractivity contribution < 1.29 is 14.0 Å². The molecule has 34 heavy (non-hydrogen) atoms. The van der Waals surface area contributed by atoms with Gasteiger partial charge in [-0.3, -0.25) is 14.7 Å². The van der Waals surface area contributed by atoms with Crippen molar-refractivity contribution in [1.82, 2.24) is 25.1 Å². The van der Waals surface area contributed by atoms with Crippen LogP contribution in [0.3, 0.4) is 0 Å². The van der Waals surface area contributed by atoms with Crippen LogP contribution in [0.25, 0.3) is 0 Å². The second-order valence-corrected chi connectivity index (χ2v) is 8.88. The fourth-order valence-electron chi connectivity index (χ4n) is 4.28. The third-order valence-electron chi connectivity index (χ3n) is 6.09. The molecule has 0 saturated carbocycles. The van der Waals surface area contributed by atoms with Crippen molar-refractivity contribution in [2.75, 3.05) is 22.1 Å². The van der Waals surface area contributed by atoms with E-state index in [-0.39, 0.29) is 18.7 Å². The van der Waals surface area contributed by atoms with Gasteiger partial charge in [0.25, 0.3) is 0 Å². The highest BCUT2D eigenvalue weighted by atomic mass is 19.1. The molecular formula is C23H25FN8O2. The molecule has 10 nitrogen and oxygen atoms in total. The predicted molar refractivity (Wildman–Crippen MR) is 124 cm³/mol. The molecule has 1 aliphatic heterocycles. The molecule has 4 heterocycles. The van der Waals surface area contributed by atoms with Crippen LogP contribution >= 0.6 is 0 Å². The molecule has 0 radical (unpaired) electrons. The number of fused-ring (bicyclic) bond motifs is 1. The molecule has 2 aliphatic rings. The number of carbonyl (C=O) groups is 2. The van der Waals surface area contributed by atoms with Gasteiger partial charge in [-0.1, -0.05) is 13.8 Å². The van der Waals surface area contributed by atoms with Gasteiger partial charge in [0.1, 0.15) is 11.9 Å². The number of carbonyl (C=O) groups excluding carboxylic acids is 2. The Hall–Kier alpha value is -3.89. The minimum absolute atomic E-state index is 0.0396. The second-order valence-electron chi connectivity index (χ2n) is 8.88. The lowest BCUT2D eigenvalue weighted by Gasteiger charge is -2.24. The number of nitrogens with one attached hydrogen (secondary N) is 3. The number of aryl methyl sites for hydroxylation is 1. The third kappa shape index (κ3) is 4.33. The van der Waals surface area contributed by atoms with E-state index in [1.165, 1.54) is 12.3 Å². The molecule has 1 fully saturated rings. The Morgan fingerprint density at radius 2 is 2.12 bits per heavy atom. The van der Waals surface area contributed by atoms with Crippen LogP contribution in [0.2, 0.25) is 0 Å². The van der Waals surface area contributed by atoms with Crippen LogP contribution in [-0.2, 0) is 22.4 Å². The number of ketones is 1. The largest absolute Gasteiger partial charge is 0.323 e. The minimum atomic E-state index is -0.775. The van der Waals surface area contributed by atoms with Gasteiger partial charge < -0.3 is 15.5 Å². The molecule has 1 saturated heterocycles. The number of hydrogen-bond acceptors (Lipinski definition) is 8. The molecule has 1 aliphatic carbocycles. The predicted octanol–water partition coefficient (Wildman–Crippen LogP) is 2.88. The lowest BCUT2D eigenvalue weighted by molar-refractivity contribution is -0.120. The number of hydrogen-bond donors (Lipinski definition) is 3. The van der Waals surface area contributed by atoms with Gasteiger partial charge in [0.05, 0.1) is 24.1 Å². The van der Waals surface area contributed by atoms with Gasteiger partial charge in [0.15, 0.2) is 11.6 Å². The normalized spacial score (nSPS) is 17.4. The molecule has 176 valence electrons. The molecule has 0 bridgehead atoms. The highest BCUT2D eigenvalue weighted by Crippen LogP contribution is 2.32. The molecule has 3 aromatic heterocycles. The van der Waals surface area contributed by atoms with Crippen LogP contribution in [0, 0.1) is 5.95 Å². The second kappa shape index (κ2) is 8.81. The van der Waals surface area contributed by atoms with E-state index in [0.717, 1.165) is 42.3 Å². The molecule has 3 N–H and O–H groups in total. The van der Waals surface area contributed by atoms with E-state index in [1.807, 2.05) is 6.07 Å². The lowest BCUT2D eigenvalue weighted by atomic mass is 10.1. The zero-order valence-electron chi connectivity index (χ0n) is 18.9. The number of amides is 1. The van der Waals surface area contributed by atoms with Crippen molar-refractivity contribution in [1.29, 1.82) is 0 Å². The molecule has 1 atom stereocenters. The van der Waals surface area contributed by atoms with E-state index in [2.05, 4.69) is 39.7 Å². The Kier molecular flexibility index (Phi) is 5.68. The zero-order valence-corrected chi connectivity index (χ0v) is 18.9. The standard InChI is InChI=1S/C23H25FN8O2/c1-12(2)17-9-20(31-30-17)28-21-15-4-3-5-16(15)27-23(29-21)32-11-14(33)8-18(32)22(34)26-13-6-7-19(24)25-10-13/h6-7,9-10,12,18H,3-5,8,11H2,1-2H3,(H,26,34)(H2,27,28,29,30,31)/t18-/m1/s1. The summed E-state index contributed by atoms with van der Waals surface area (Å²) < 4.78 is 13.1. The highest BCUT2D eigenvalue weighted by Gasteiger charge is 2.38. The average molecular weight is 465 g/mol. The zero-order chi connectivity index (χ0) is 23.8. The quantitative estimate of drug-likeness (QED) is 0.475. The van der Waals surface area contributed by atoms with Crippen LogP contribution in [0.1, 0.15) is 49.6 Å². The van der Waals surface area contributed by atoms with Crippen molar-refractivity contribution in [3.05, 3.63) is 47.3 Å². The molecule has 0 unspecified atom stereocenters. The van der Waals surface area contributed by atoms with Crippen LogP contribution in [-0.4, -0.2) is 49.4 Å². The summed E-state index contributed by atoms with van der Waals surface area (Å²) in [6.45, 7) is 4.20. The number of halogens is 1. The van der Waals surface area contributed by atoms with Crippen molar-refractivity contribution in [3.8, 4) is 0 Å². The van der Waals surface area contributed by atoms with Crippen molar-refractivity contribution in [3.63, 3.8) is 0 Å². The number of aromatic nitrogens is 5. The fourth-order valence-corrected chi connectivity index (χ4v) is 4.28. The molecule has 3 aromatic rings. The number of nitrogens with zero attached hydrogens (tertiary/aromatic N) is 5. The van der Waals surface area contributed by atoms with Gasteiger partial charge in [-0.2, -0.15) is 14.5 Å². The summed E-state index contributed by atoms with van der Waals surface area (Å²) in [6, 6.07) is 3.75. The van der Waals surface area contributed by atoms with Crippen molar-refractivity contribution in [2.24, 2.45) is 0 Å². The lowest BCUT2D eigenvalue weighted by Crippen LogP contribution is -2.40. The molecule has 0 spiro atoms. The van der Waals surface area contributed by atoms with E-state index in [1.54, 1.807) is 4.90 Å². The summed E-state index contributed by atoms with van der Waals surface area (Å²) in [5.74, 6) is 0.807. The first kappa shape index (κ1) is 21.9. The van der Waals surface area contributed by atoms with E-state index in [4.69, 9.17) is 9.97 Å². The van der Waals surface area contributed by atoms with Crippen molar-refractivity contribution in [2.45, 2.75) is 51.5 Å². The van der Waals surface area contributed by atoms with Gasteiger partial charge in [-0.15, -0.1) is 0 Å². The topological polar surface area (TPSA) is 129 Å². The summed E-state index contributed by atoms with van der Waals surface area (Å²) in [6.07, 6.45) is 3.88. The summed E-state index contributed by atoms with van der Waals surface area (Å²) in [5, 5.41) is 13.4. The summed E-state index contributed by atoms with van der Waals surface area (Å²) >= 11 is 0. The molecule has 0 aromatic carbocycles. The SMILES string of the molecule is CC(C)c1cc(Nc2nc(N3CC(=O)C[C@@H]3C(=O)Nc3ccc(F)nc3)nc3c2CCC3)n[nH]1. The maximum absolute atomic E-state index is 13.1. The van der Waals surface area contributed by atoms with Crippen molar-refractivity contribution >= 4 is 35.0 Å². The smallest absolute Gasteiger partial charge is 0.247 e. The van der Waals surface area contributed by atoms with E-state index in [9.17, 15) is 14.0 Å². The van der Waals surface area contributed by atoms with Gasteiger partial charge >= 0.3 is 0 Å². The number of Topliss-reactive ketones (excluding diaryl/α,β-unsaturated/α-hetero) is 1. The van der Waals surface area contributed by atoms with Crippen LogP contribution < -0.4 is 15.5 Å². The average Bonchev–Trinajstić information content (AvgIpc) is 3.54. The Bertz CT molecular complexity index is 1240. The summed E-state index contributed by atoms with van der Waals surface area (Å²) in [7, 11) is 0. The van der Waals surface area contributed by atoms with Gasteiger partial charge in [0.2, 0.25) is 17.8 Å². The number of anilines is 4.